The van der Waals surface area contributed by atoms with Gasteiger partial charge in [-0.25, -0.2) is 8.42 Å². The first-order valence-corrected chi connectivity index (χ1v) is 10.5. The highest BCUT2D eigenvalue weighted by molar-refractivity contribution is 7.89. The lowest BCUT2D eigenvalue weighted by molar-refractivity contribution is -0.274. The Morgan fingerprint density at radius 1 is 1.14 bits per heavy atom. The molecule has 0 saturated heterocycles. The van der Waals surface area contributed by atoms with Crippen LogP contribution in [0.2, 0.25) is 0 Å². The van der Waals surface area contributed by atoms with E-state index in [4.69, 9.17) is 0 Å². The van der Waals surface area contributed by atoms with Crippen LogP contribution in [0.3, 0.4) is 0 Å². The number of ether oxygens (including phenoxy) is 1. The molecule has 0 radical (unpaired) electrons. The van der Waals surface area contributed by atoms with Crippen LogP contribution >= 0.6 is 11.3 Å². The highest BCUT2D eigenvalue weighted by Gasteiger charge is 2.31. The number of rotatable bonds is 7. The maximum atomic E-state index is 12.5. The van der Waals surface area contributed by atoms with Crippen LogP contribution in [0.4, 0.5) is 13.2 Å². The molecule has 3 aromatic rings. The zero-order chi connectivity index (χ0) is 21.2. The molecule has 0 aliphatic carbocycles. The number of hydrogen-bond donors (Lipinski definition) is 2. The van der Waals surface area contributed by atoms with Crippen LogP contribution in [0.15, 0.2) is 58.8 Å². The topological polar surface area (TPSA) is 92.7 Å². The summed E-state index contributed by atoms with van der Waals surface area (Å²) in [5.41, 5.74) is 0.676. The van der Waals surface area contributed by atoms with Gasteiger partial charge in [-0.1, -0.05) is 18.2 Å². The molecule has 0 aliphatic rings. The molecular formula is C18H14F3NO5S2. The average molecular weight is 445 g/mol. The molecule has 0 fully saturated rings. The van der Waals surface area contributed by atoms with Gasteiger partial charge in [0.25, 0.3) is 0 Å². The fraction of sp³-hybridized carbons (Fsp3) is 0.167. The summed E-state index contributed by atoms with van der Waals surface area (Å²) in [6, 6.07) is 9.35. The fourth-order valence-corrected chi connectivity index (χ4v) is 4.83. The molecule has 1 aromatic heterocycles. The molecule has 11 heteroatoms. The summed E-state index contributed by atoms with van der Waals surface area (Å²) in [6.45, 7) is 0. The van der Waals surface area contributed by atoms with E-state index in [0.717, 1.165) is 34.4 Å². The molecule has 29 heavy (non-hydrogen) atoms. The van der Waals surface area contributed by atoms with Crippen molar-refractivity contribution in [1.82, 2.24) is 4.72 Å². The second-order valence-corrected chi connectivity index (χ2v) is 8.62. The Morgan fingerprint density at radius 2 is 1.79 bits per heavy atom. The minimum Gasteiger partial charge on any atom is -0.480 e. The van der Waals surface area contributed by atoms with Gasteiger partial charge in [-0.15, -0.1) is 24.5 Å². The third-order valence-corrected chi connectivity index (χ3v) is 6.45. The largest absolute Gasteiger partial charge is 0.573 e. The van der Waals surface area contributed by atoms with Crippen LogP contribution in [0.5, 0.6) is 5.75 Å². The predicted octanol–water partition coefficient (Wildman–Crippen LogP) is 3.77. The zero-order valence-electron chi connectivity index (χ0n) is 14.5. The Morgan fingerprint density at radius 3 is 2.41 bits per heavy atom. The molecule has 0 aliphatic heterocycles. The lowest BCUT2D eigenvalue weighted by atomic mass is 10.1. The number of fused-ring (bicyclic) bond motifs is 1. The van der Waals surface area contributed by atoms with Gasteiger partial charge in [-0.3, -0.25) is 4.79 Å². The van der Waals surface area contributed by atoms with Crippen molar-refractivity contribution in [2.24, 2.45) is 0 Å². The van der Waals surface area contributed by atoms with E-state index in [-0.39, 0.29) is 11.3 Å². The number of thiophene rings is 1. The SMILES string of the molecule is O=C(O)C(Cc1csc2ccccc12)NS(=O)(=O)c1ccc(OC(F)(F)F)cc1. The molecule has 6 nitrogen and oxygen atoms in total. The lowest BCUT2D eigenvalue weighted by Crippen LogP contribution is -2.42. The van der Waals surface area contributed by atoms with E-state index in [0.29, 0.717) is 5.56 Å². The van der Waals surface area contributed by atoms with Gasteiger partial charge < -0.3 is 9.84 Å². The number of carbonyl (C=O) groups is 1. The van der Waals surface area contributed by atoms with Gasteiger partial charge in [-0.05, 0) is 46.7 Å². The Labute approximate surface area is 167 Å². The summed E-state index contributed by atoms with van der Waals surface area (Å²) in [7, 11) is -4.29. The maximum Gasteiger partial charge on any atom is 0.573 e. The molecule has 1 heterocycles. The van der Waals surface area contributed by atoms with E-state index < -0.39 is 34.1 Å². The third kappa shape index (κ3) is 5.25. The summed E-state index contributed by atoms with van der Waals surface area (Å²) in [6.07, 6.45) is -5.00. The van der Waals surface area contributed by atoms with E-state index in [1.807, 2.05) is 18.2 Å². The number of alkyl halides is 3. The van der Waals surface area contributed by atoms with E-state index in [9.17, 15) is 31.5 Å². The van der Waals surface area contributed by atoms with E-state index in [2.05, 4.69) is 9.46 Å². The molecule has 0 bridgehead atoms. The van der Waals surface area contributed by atoms with Crippen molar-refractivity contribution in [2.45, 2.75) is 23.7 Å². The Bertz CT molecular complexity index is 1120. The Kier molecular flexibility index (Phi) is 5.82. The van der Waals surface area contributed by atoms with Crippen LogP contribution < -0.4 is 9.46 Å². The van der Waals surface area contributed by atoms with Crippen LogP contribution in [0.1, 0.15) is 5.56 Å². The molecule has 3 rings (SSSR count). The van der Waals surface area contributed by atoms with Crippen molar-refractivity contribution in [3.63, 3.8) is 0 Å². The molecule has 1 unspecified atom stereocenters. The highest BCUT2D eigenvalue weighted by Crippen LogP contribution is 2.27. The summed E-state index contributed by atoms with van der Waals surface area (Å²) in [5, 5.41) is 12.0. The zero-order valence-corrected chi connectivity index (χ0v) is 16.1. The number of carboxylic acid groups (broad SMARTS) is 1. The molecule has 1 atom stereocenters. The quantitative estimate of drug-likeness (QED) is 0.578. The number of nitrogens with one attached hydrogen (secondary N) is 1. The van der Waals surface area contributed by atoms with Crippen LogP contribution in [-0.2, 0) is 21.2 Å². The van der Waals surface area contributed by atoms with E-state index in [1.54, 1.807) is 11.4 Å². The number of sulfonamides is 1. The second kappa shape index (κ2) is 8.01. The summed E-state index contributed by atoms with van der Waals surface area (Å²) in [4.78, 5) is 11.2. The van der Waals surface area contributed by atoms with Gasteiger partial charge in [0, 0.05) is 11.1 Å². The monoisotopic (exact) mass is 445 g/mol. The normalized spacial score (nSPS) is 13.3. The summed E-state index contributed by atoms with van der Waals surface area (Å²) < 4.78 is 68.4. The van der Waals surface area contributed by atoms with Crippen molar-refractivity contribution in [3.05, 3.63) is 59.5 Å². The first-order chi connectivity index (χ1) is 13.5. The van der Waals surface area contributed by atoms with Gasteiger partial charge in [-0.2, -0.15) is 4.72 Å². The van der Waals surface area contributed by atoms with Gasteiger partial charge in [0.2, 0.25) is 10.0 Å². The average Bonchev–Trinajstić information content (AvgIpc) is 3.03. The van der Waals surface area contributed by atoms with Crippen molar-refractivity contribution in [3.8, 4) is 5.75 Å². The Balaban J connectivity index is 1.79. The standard InChI is InChI=1S/C18H14F3NO5S2/c19-18(20,21)27-12-5-7-13(8-6-12)29(25,26)22-15(17(23)24)9-11-10-28-16-4-2-1-3-14(11)16/h1-8,10,15,22H,9H2,(H,23,24). The van der Waals surface area contributed by atoms with Crippen LogP contribution in [0.25, 0.3) is 10.1 Å². The fourth-order valence-electron chi connectivity index (χ4n) is 2.67. The van der Waals surface area contributed by atoms with Gasteiger partial charge >= 0.3 is 12.3 Å². The van der Waals surface area contributed by atoms with E-state index in [1.165, 1.54) is 11.3 Å². The number of halogens is 3. The van der Waals surface area contributed by atoms with Crippen LogP contribution in [-0.4, -0.2) is 31.9 Å². The van der Waals surface area contributed by atoms with E-state index >= 15 is 0 Å². The molecular weight excluding hydrogens is 431 g/mol. The summed E-state index contributed by atoms with van der Waals surface area (Å²) in [5.74, 6) is -1.96. The number of aliphatic carboxylic acids is 1. The predicted molar refractivity (Wildman–Crippen MR) is 100 cm³/mol. The van der Waals surface area contributed by atoms with Gasteiger partial charge in [0.05, 0.1) is 4.90 Å². The molecule has 154 valence electrons. The van der Waals surface area contributed by atoms with Gasteiger partial charge in [0.15, 0.2) is 0 Å². The molecule has 2 N–H and O–H groups in total. The molecule has 2 aromatic carbocycles. The third-order valence-electron chi connectivity index (χ3n) is 3.95. The number of benzene rings is 2. The minimum absolute atomic E-state index is 0.0894. The van der Waals surface area contributed by atoms with Crippen molar-refractivity contribution >= 4 is 37.4 Å². The molecule has 0 saturated carbocycles. The number of carboxylic acids is 1. The minimum atomic E-state index is -4.91. The lowest BCUT2D eigenvalue weighted by Gasteiger charge is -2.15. The van der Waals surface area contributed by atoms with Crippen molar-refractivity contribution in [2.75, 3.05) is 0 Å². The van der Waals surface area contributed by atoms with Gasteiger partial charge in [0.1, 0.15) is 11.8 Å². The number of hydrogen-bond acceptors (Lipinski definition) is 5. The molecule has 0 spiro atoms. The Hall–Kier alpha value is -2.63. The second-order valence-electron chi connectivity index (χ2n) is 5.99. The smallest absolute Gasteiger partial charge is 0.480 e. The maximum absolute atomic E-state index is 12.5. The first kappa shape index (κ1) is 21.1. The molecule has 0 amide bonds. The van der Waals surface area contributed by atoms with Crippen molar-refractivity contribution < 1.29 is 36.2 Å². The van der Waals surface area contributed by atoms with Crippen molar-refractivity contribution in [1.29, 1.82) is 0 Å². The summed E-state index contributed by atoms with van der Waals surface area (Å²) >= 11 is 1.41. The van der Waals surface area contributed by atoms with Crippen LogP contribution in [0, 0.1) is 0 Å². The highest BCUT2D eigenvalue weighted by atomic mass is 32.2. The first-order valence-electron chi connectivity index (χ1n) is 8.11.